The number of rotatable bonds is 11. The van der Waals surface area contributed by atoms with Crippen LogP contribution in [0.1, 0.15) is 62.9 Å². The van der Waals surface area contributed by atoms with Gasteiger partial charge < -0.3 is 26.0 Å². The van der Waals surface area contributed by atoms with Crippen molar-refractivity contribution in [1.29, 1.82) is 0 Å². The third kappa shape index (κ3) is 7.97. The van der Waals surface area contributed by atoms with Crippen molar-refractivity contribution in [2.24, 2.45) is 0 Å². The summed E-state index contributed by atoms with van der Waals surface area (Å²) < 4.78 is 22.6. The Kier molecular flexibility index (Phi) is 10.9. The molecule has 48 heavy (non-hydrogen) atoms. The molecular weight excluding hydrogens is 607 g/mol. The van der Waals surface area contributed by atoms with Gasteiger partial charge in [0.1, 0.15) is 5.82 Å². The molecule has 2 fully saturated rings. The Balaban J connectivity index is 1.13. The predicted octanol–water partition coefficient (Wildman–Crippen LogP) is 5.59. The second-order valence-corrected chi connectivity index (χ2v) is 13.2. The number of urea groups is 1. The highest BCUT2D eigenvalue weighted by Crippen LogP contribution is 2.31. The smallest absolute Gasteiger partial charge is 0.315 e. The molecule has 256 valence electrons. The number of piperazine rings is 1. The number of nitrogens with one attached hydrogen (secondary N) is 4. The summed E-state index contributed by atoms with van der Waals surface area (Å²) in [5.74, 6) is -0.282. The highest BCUT2D eigenvalue weighted by atomic mass is 19.1. The first kappa shape index (κ1) is 33.8. The molecule has 4 aromatic rings. The molecule has 2 aromatic heterocycles. The van der Waals surface area contributed by atoms with Gasteiger partial charge in [0.15, 0.2) is 5.65 Å². The van der Waals surface area contributed by atoms with Gasteiger partial charge in [-0.3, -0.25) is 4.90 Å². The van der Waals surface area contributed by atoms with Crippen LogP contribution in [0.2, 0.25) is 0 Å². The van der Waals surface area contributed by atoms with E-state index >= 15 is 4.39 Å². The van der Waals surface area contributed by atoms with Crippen LogP contribution >= 0.6 is 0 Å². The topological polar surface area (TPSA) is 108 Å². The minimum absolute atomic E-state index is 0.268. The van der Waals surface area contributed by atoms with Crippen LogP contribution in [0, 0.1) is 5.82 Å². The quantitative estimate of drug-likeness (QED) is 0.167. The number of carbonyl (C=O) groups excluding carboxylic acids is 1. The summed E-state index contributed by atoms with van der Waals surface area (Å²) in [6.45, 7) is 14.1. The number of benzene rings is 2. The zero-order valence-electron chi connectivity index (χ0n) is 28.6. The van der Waals surface area contributed by atoms with Crippen LogP contribution in [0.5, 0.6) is 0 Å². The number of amides is 2. The SMILES string of the molecule is CCc1nc2c(cnn2CC)c(NC2CCOCC2)c1CNC(=O)NCc1ccc(F)c(-c2cccc(CN3C[C@@H](C)N[C@@H](C)C3)c2)c1. The fraction of sp³-hybridized carbons (Fsp3) is 0.486. The van der Waals surface area contributed by atoms with Gasteiger partial charge in [-0.15, -0.1) is 0 Å². The van der Waals surface area contributed by atoms with Gasteiger partial charge in [-0.25, -0.2) is 18.9 Å². The summed E-state index contributed by atoms with van der Waals surface area (Å²) in [6.07, 6.45) is 4.42. The summed E-state index contributed by atoms with van der Waals surface area (Å²) in [4.78, 5) is 20.5. The van der Waals surface area contributed by atoms with Crippen LogP contribution in [-0.2, 0) is 37.3 Å². The first-order valence-corrected chi connectivity index (χ1v) is 17.4. The maximum absolute atomic E-state index is 15.1. The van der Waals surface area contributed by atoms with Gasteiger partial charge >= 0.3 is 6.03 Å². The summed E-state index contributed by atoms with van der Waals surface area (Å²) in [6, 6.07) is 14.0. The lowest BCUT2D eigenvalue weighted by molar-refractivity contribution is 0.0904. The maximum atomic E-state index is 15.1. The van der Waals surface area contributed by atoms with Gasteiger partial charge in [-0.1, -0.05) is 31.2 Å². The van der Waals surface area contributed by atoms with E-state index in [9.17, 15) is 4.79 Å². The Morgan fingerprint density at radius 3 is 2.54 bits per heavy atom. The second-order valence-electron chi connectivity index (χ2n) is 13.2. The second kappa shape index (κ2) is 15.4. The molecule has 0 unspecified atom stereocenters. The predicted molar refractivity (Wildman–Crippen MR) is 188 cm³/mol. The molecule has 0 radical (unpaired) electrons. The number of hydrogen-bond acceptors (Lipinski definition) is 7. The Labute approximate surface area is 282 Å². The molecule has 4 heterocycles. The maximum Gasteiger partial charge on any atom is 0.315 e. The van der Waals surface area contributed by atoms with Crippen molar-refractivity contribution in [3.8, 4) is 11.1 Å². The fourth-order valence-electron chi connectivity index (χ4n) is 7.08. The highest BCUT2D eigenvalue weighted by molar-refractivity contribution is 5.92. The molecule has 2 aliphatic rings. The summed E-state index contributed by atoms with van der Waals surface area (Å²) in [5, 5.41) is 18.9. The Morgan fingerprint density at radius 1 is 1.02 bits per heavy atom. The first-order chi connectivity index (χ1) is 23.3. The van der Waals surface area contributed by atoms with E-state index in [1.54, 1.807) is 6.07 Å². The number of hydrogen-bond donors (Lipinski definition) is 4. The normalized spacial score (nSPS) is 19.0. The van der Waals surface area contributed by atoms with E-state index < -0.39 is 0 Å². The first-order valence-electron chi connectivity index (χ1n) is 17.4. The van der Waals surface area contributed by atoms with E-state index in [2.05, 4.69) is 71.1 Å². The number of halogens is 1. The van der Waals surface area contributed by atoms with Crippen molar-refractivity contribution in [1.82, 2.24) is 35.6 Å². The minimum Gasteiger partial charge on any atom is -0.381 e. The van der Waals surface area contributed by atoms with Crippen molar-refractivity contribution in [2.75, 3.05) is 31.6 Å². The van der Waals surface area contributed by atoms with Crippen LogP contribution in [-0.4, -0.2) is 70.1 Å². The third-order valence-electron chi connectivity index (χ3n) is 9.36. The number of pyridine rings is 1. The van der Waals surface area contributed by atoms with Crippen molar-refractivity contribution in [3.63, 3.8) is 0 Å². The van der Waals surface area contributed by atoms with Crippen molar-refractivity contribution >= 4 is 22.8 Å². The molecule has 2 aliphatic heterocycles. The standard InChI is InChI=1S/C37H49FN8O2/c1-5-34-31(35(43-29-12-14-48-15-13-29)32-20-41-46(6-2)36(32)44-34)19-40-37(47)39-18-26-10-11-33(38)30(17-26)28-9-7-8-27(16-28)23-45-21-24(3)42-25(4)22-45/h7-11,16-17,20,24-25,29,42H,5-6,12-15,18-19,21-23H2,1-4H3,(H,43,44)(H2,39,40,47)/t24-,25+. The molecule has 2 saturated heterocycles. The Hall–Kier alpha value is -4.06. The number of fused-ring (bicyclic) bond motifs is 1. The minimum atomic E-state index is -0.300. The van der Waals surface area contributed by atoms with Crippen LogP contribution in [0.4, 0.5) is 14.9 Å². The van der Waals surface area contributed by atoms with E-state index in [0.29, 0.717) is 24.2 Å². The summed E-state index contributed by atoms with van der Waals surface area (Å²) in [7, 11) is 0. The van der Waals surface area contributed by atoms with Crippen molar-refractivity contribution < 1.29 is 13.9 Å². The average Bonchev–Trinajstić information content (AvgIpc) is 3.50. The van der Waals surface area contributed by atoms with E-state index in [1.165, 1.54) is 6.07 Å². The number of anilines is 1. The number of nitrogens with zero attached hydrogens (tertiary/aromatic N) is 4. The molecule has 6 rings (SSSR count). The van der Waals surface area contributed by atoms with Crippen LogP contribution in [0.3, 0.4) is 0 Å². The number of aryl methyl sites for hydroxylation is 2. The number of carbonyl (C=O) groups is 1. The Morgan fingerprint density at radius 2 is 1.79 bits per heavy atom. The van der Waals surface area contributed by atoms with Gasteiger partial charge in [0.2, 0.25) is 0 Å². The summed E-state index contributed by atoms with van der Waals surface area (Å²) in [5.41, 5.74) is 7.07. The fourth-order valence-corrected chi connectivity index (χ4v) is 7.08. The van der Waals surface area contributed by atoms with Gasteiger partial charge in [-0.2, -0.15) is 5.10 Å². The van der Waals surface area contributed by atoms with E-state index in [0.717, 1.165) is 103 Å². The lowest BCUT2D eigenvalue weighted by Crippen LogP contribution is -2.53. The van der Waals surface area contributed by atoms with Crippen LogP contribution < -0.4 is 21.3 Å². The largest absolute Gasteiger partial charge is 0.381 e. The third-order valence-corrected chi connectivity index (χ3v) is 9.36. The molecule has 0 saturated carbocycles. The van der Waals surface area contributed by atoms with E-state index in [1.807, 2.05) is 29.1 Å². The van der Waals surface area contributed by atoms with E-state index in [4.69, 9.17) is 9.72 Å². The van der Waals surface area contributed by atoms with Crippen LogP contribution in [0.15, 0.2) is 48.7 Å². The average molecular weight is 657 g/mol. The summed E-state index contributed by atoms with van der Waals surface area (Å²) >= 11 is 0. The molecule has 2 amide bonds. The molecule has 0 aliphatic carbocycles. The van der Waals surface area contributed by atoms with Gasteiger partial charge in [0.05, 0.1) is 17.3 Å². The molecule has 0 spiro atoms. The van der Waals surface area contributed by atoms with Gasteiger partial charge in [-0.05, 0) is 74.9 Å². The lowest BCUT2D eigenvalue weighted by atomic mass is 10.00. The zero-order chi connectivity index (χ0) is 33.6. The van der Waals surface area contributed by atoms with Crippen molar-refractivity contribution in [3.05, 3.63) is 76.9 Å². The zero-order valence-corrected chi connectivity index (χ0v) is 28.6. The lowest BCUT2D eigenvalue weighted by Gasteiger charge is -2.36. The molecule has 0 bridgehead atoms. The molecule has 4 N–H and O–H groups in total. The monoisotopic (exact) mass is 656 g/mol. The number of aromatic nitrogens is 3. The number of ether oxygens (including phenoxy) is 1. The van der Waals surface area contributed by atoms with Crippen molar-refractivity contribution in [2.45, 2.75) is 91.3 Å². The van der Waals surface area contributed by atoms with Gasteiger partial charge in [0, 0.05) is 87.4 Å². The molecule has 11 heteroatoms. The molecular formula is C37H49FN8O2. The van der Waals surface area contributed by atoms with Gasteiger partial charge in [0.25, 0.3) is 0 Å². The Bertz CT molecular complexity index is 1710. The molecule has 2 atom stereocenters. The molecule has 2 aromatic carbocycles. The van der Waals surface area contributed by atoms with E-state index in [-0.39, 0.29) is 24.4 Å². The van der Waals surface area contributed by atoms with Crippen LogP contribution in [0.25, 0.3) is 22.2 Å². The molecule has 10 nitrogen and oxygen atoms in total. The highest BCUT2D eigenvalue weighted by Gasteiger charge is 2.23.